The number of esters is 1. The molecular formula is C26H23Br2IN2O6S. The minimum atomic E-state index is -0.814. The van der Waals surface area contributed by atoms with E-state index >= 15 is 0 Å². The number of allylic oxidation sites excluding steroid dienone is 1. The predicted octanol–water partition coefficient (Wildman–Crippen LogP) is 4.95. The van der Waals surface area contributed by atoms with Gasteiger partial charge in [0.15, 0.2) is 16.3 Å². The van der Waals surface area contributed by atoms with Crippen LogP contribution in [0.3, 0.4) is 0 Å². The second-order valence-electron chi connectivity index (χ2n) is 8.04. The Morgan fingerprint density at radius 1 is 1.13 bits per heavy atom. The molecule has 2 aromatic carbocycles. The topological polar surface area (TPSA) is 88.4 Å². The number of nitrogens with zero attached hydrogens (tertiary/aromatic N) is 2. The van der Waals surface area contributed by atoms with Gasteiger partial charge in [0.05, 0.1) is 53.4 Å². The zero-order valence-corrected chi connectivity index (χ0v) is 27.2. The van der Waals surface area contributed by atoms with Gasteiger partial charge in [-0.2, -0.15) is 0 Å². The molecule has 1 atom stereocenters. The van der Waals surface area contributed by atoms with Crippen LogP contribution in [0.25, 0.3) is 6.08 Å². The van der Waals surface area contributed by atoms with Crippen LogP contribution in [-0.2, 0) is 9.53 Å². The zero-order chi connectivity index (χ0) is 27.7. The van der Waals surface area contributed by atoms with Crippen molar-refractivity contribution in [1.29, 1.82) is 0 Å². The first-order chi connectivity index (χ1) is 18.1. The normalized spacial score (nSPS) is 15.2. The number of carbonyl (C=O) groups is 1. The molecule has 38 heavy (non-hydrogen) atoms. The molecule has 1 aliphatic rings. The number of carbonyl (C=O) groups excluding carboxylic acids is 1. The fraction of sp³-hybridized carbons (Fsp3) is 0.269. The van der Waals surface area contributed by atoms with Gasteiger partial charge < -0.3 is 18.9 Å². The minimum Gasteiger partial charge on any atom is -0.495 e. The van der Waals surface area contributed by atoms with E-state index < -0.39 is 12.0 Å². The van der Waals surface area contributed by atoms with Crippen molar-refractivity contribution in [3.05, 3.63) is 78.9 Å². The first kappa shape index (κ1) is 28.8. The second-order valence-corrected chi connectivity index (χ2v) is 12.0. The SMILES string of the molecule is CCOC(=O)C1=C(C)N=c2s/c(=C\c3cc(Br)cc(I)c3OC)c(=O)n2[C@@H]1c1cc(OC)c(OC)cc1Br. The van der Waals surface area contributed by atoms with Gasteiger partial charge in [-0.1, -0.05) is 43.2 Å². The third-order valence-electron chi connectivity index (χ3n) is 5.84. The summed E-state index contributed by atoms with van der Waals surface area (Å²) in [6.45, 7) is 3.66. The maximum Gasteiger partial charge on any atom is 0.338 e. The van der Waals surface area contributed by atoms with E-state index in [-0.39, 0.29) is 17.7 Å². The Morgan fingerprint density at radius 2 is 1.82 bits per heavy atom. The van der Waals surface area contributed by atoms with Gasteiger partial charge in [0.25, 0.3) is 5.56 Å². The Bertz CT molecular complexity index is 1650. The fourth-order valence-electron chi connectivity index (χ4n) is 4.21. The smallest absolute Gasteiger partial charge is 0.338 e. The summed E-state index contributed by atoms with van der Waals surface area (Å²) in [5.74, 6) is 1.07. The van der Waals surface area contributed by atoms with Gasteiger partial charge in [0.2, 0.25) is 0 Å². The lowest BCUT2D eigenvalue weighted by Gasteiger charge is -2.26. The number of hydrogen-bond donors (Lipinski definition) is 0. The summed E-state index contributed by atoms with van der Waals surface area (Å²) in [7, 11) is 4.66. The van der Waals surface area contributed by atoms with Crippen LogP contribution in [0.2, 0.25) is 0 Å². The lowest BCUT2D eigenvalue weighted by atomic mass is 9.95. The lowest BCUT2D eigenvalue weighted by Crippen LogP contribution is -2.40. The number of rotatable bonds is 7. The van der Waals surface area contributed by atoms with Gasteiger partial charge in [0.1, 0.15) is 5.75 Å². The number of benzene rings is 2. The molecular weight excluding hydrogens is 755 g/mol. The predicted molar refractivity (Wildman–Crippen MR) is 161 cm³/mol. The van der Waals surface area contributed by atoms with Crippen molar-refractivity contribution < 1.29 is 23.7 Å². The highest BCUT2D eigenvalue weighted by Gasteiger charge is 2.35. The highest BCUT2D eigenvalue weighted by Crippen LogP contribution is 2.41. The molecule has 12 heteroatoms. The van der Waals surface area contributed by atoms with Gasteiger partial charge in [0, 0.05) is 14.5 Å². The lowest BCUT2D eigenvalue weighted by molar-refractivity contribution is -0.139. The Labute approximate surface area is 253 Å². The number of hydrogen-bond acceptors (Lipinski definition) is 8. The van der Waals surface area contributed by atoms with Crippen molar-refractivity contribution in [2.45, 2.75) is 19.9 Å². The Kier molecular flexibility index (Phi) is 9.05. The molecule has 0 radical (unpaired) electrons. The fourth-order valence-corrected chi connectivity index (χ4v) is 7.56. The first-order valence-corrected chi connectivity index (χ1v) is 14.8. The number of thiazole rings is 1. The third-order valence-corrected chi connectivity index (χ3v) is 8.77. The number of fused-ring (bicyclic) bond motifs is 1. The summed E-state index contributed by atoms with van der Waals surface area (Å²) in [5.41, 5.74) is 1.81. The number of methoxy groups -OCH3 is 3. The summed E-state index contributed by atoms with van der Waals surface area (Å²) >= 11 is 10.6. The van der Waals surface area contributed by atoms with Crippen molar-refractivity contribution in [2.24, 2.45) is 4.99 Å². The van der Waals surface area contributed by atoms with Crippen molar-refractivity contribution in [2.75, 3.05) is 27.9 Å². The summed E-state index contributed by atoms with van der Waals surface area (Å²) in [4.78, 5) is 32.3. The highest BCUT2D eigenvalue weighted by atomic mass is 127. The molecule has 1 aliphatic heterocycles. The van der Waals surface area contributed by atoms with E-state index in [1.807, 2.05) is 12.1 Å². The Morgan fingerprint density at radius 3 is 2.45 bits per heavy atom. The molecule has 0 fully saturated rings. The molecule has 2 heterocycles. The van der Waals surface area contributed by atoms with E-state index in [1.165, 1.54) is 23.0 Å². The summed E-state index contributed by atoms with van der Waals surface area (Å²) in [6, 6.07) is 6.50. The van der Waals surface area contributed by atoms with E-state index in [2.05, 4.69) is 59.4 Å². The third kappa shape index (κ3) is 5.32. The summed E-state index contributed by atoms with van der Waals surface area (Å²) < 4.78 is 26.3. The van der Waals surface area contributed by atoms with Crippen LogP contribution in [0.1, 0.15) is 31.0 Å². The molecule has 0 amide bonds. The molecule has 1 aromatic heterocycles. The molecule has 3 aromatic rings. The molecule has 0 spiro atoms. The van der Waals surface area contributed by atoms with E-state index in [9.17, 15) is 9.59 Å². The summed E-state index contributed by atoms with van der Waals surface area (Å²) in [6.07, 6.45) is 1.78. The Balaban J connectivity index is 2.04. The molecule has 200 valence electrons. The zero-order valence-electron chi connectivity index (χ0n) is 21.1. The van der Waals surface area contributed by atoms with Gasteiger partial charge >= 0.3 is 5.97 Å². The van der Waals surface area contributed by atoms with E-state index in [4.69, 9.17) is 18.9 Å². The number of ether oxygens (including phenoxy) is 4. The average Bonchev–Trinajstić information content (AvgIpc) is 3.17. The van der Waals surface area contributed by atoms with E-state index in [0.29, 0.717) is 42.3 Å². The van der Waals surface area contributed by atoms with Crippen molar-refractivity contribution >= 4 is 77.8 Å². The Hall–Kier alpha value is -2.16. The first-order valence-electron chi connectivity index (χ1n) is 11.3. The van der Waals surface area contributed by atoms with Crippen LogP contribution < -0.4 is 29.1 Å². The van der Waals surface area contributed by atoms with Crippen LogP contribution in [0, 0.1) is 3.57 Å². The van der Waals surface area contributed by atoms with Crippen LogP contribution in [0.4, 0.5) is 0 Å². The van der Waals surface area contributed by atoms with Crippen molar-refractivity contribution in [3.63, 3.8) is 0 Å². The highest BCUT2D eigenvalue weighted by molar-refractivity contribution is 14.1. The average molecular weight is 778 g/mol. The standard InChI is InChI=1S/C26H23Br2IN2O6S/c1-6-37-25(33)21-12(2)30-26-31(22(21)15-10-18(34-3)19(35-4)11-16(15)28)24(32)20(38-26)8-13-7-14(27)9-17(29)23(13)36-5/h7-11,22H,6H2,1-5H3/b20-8-/t22-/m1/s1. The van der Waals surface area contributed by atoms with Crippen molar-refractivity contribution in [3.8, 4) is 17.2 Å². The van der Waals surface area contributed by atoms with Crippen LogP contribution in [-0.4, -0.2) is 38.5 Å². The van der Waals surface area contributed by atoms with Gasteiger partial charge in [-0.25, -0.2) is 9.79 Å². The quantitative estimate of drug-likeness (QED) is 0.250. The van der Waals surface area contributed by atoms with Crippen molar-refractivity contribution in [1.82, 2.24) is 4.57 Å². The number of halogens is 3. The largest absolute Gasteiger partial charge is 0.495 e. The van der Waals surface area contributed by atoms with E-state index in [1.54, 1.807) is 46.3 Å². The molecule has 4 rings (SSSR count). The molecule has 8 nitrogen and oxygen atoms in total. The van der Waals surface area contributed by atoms with Gasteiger partial charge in [-0.15, -0.1) is 0 Å². The van der Waals surface area contributed by atoms with Crippen LogP contribution in [0.15, 0.2) is 54.3 Å². The van der Waals surface area contributed by atoms with Crippen LogP contribution >= 0.6 is 65.8 Å². The maximum absolute atomic E-state index is 14.0. The molecule has 0 bridgehead atoms. The van der Waals surface area contributed by atoms with Gasteiger partial charge in [-0.05, 0) is 72.3 Å². The minimum absolute atomic E-state index is 0.182. The number of aromatic nitrogens is 1. The maximum atomic E-state index is 14.0. The van der Waals surface area contributed by atoms with Crippen LogP contribution in [0.5, 0.6) is 17.2 Å². The second kappa shape index (κ2) is 11.9. The molecule has 0 saturated carbocycles. The molecule has 0 saturated heterocycles. The van der Waals surface area contributed by atoms with Gasteiger partial charge in [-0.3, -0.25) is 9.36 Å². The monoisotopic (exact) mass is 776 g/mol. The molecule has 0 aliphatic carbocycles. The molecule has 0 unspecified atom stereocenters. The van der Waals surface area contributed by atoms with E-state index in [0.717, 1.165) is 13.6 Å². The summed E-state index contributed by atoms with van der Waals surface area (Å²) in [5, 5.41) is 0. The molecule has 0 N–H and O–H groups in total.